The van der Waals surface area contributed by atoms with Crippen LogP contribution in [0.5, 0.6) is 11.5 Å². The van der Waals surface area contributed by atoms with E-state index in [2.05, 4.69) is 0 Å². The Labute approximate surface area is 158 Å². The highest BCUT2D eigenvalue weighted by molar-refractivity contribution is 5.94. The molecule has 1 fully saturated rings. The first-order valence-electron chi connectivity index (χ1n) is 9.05. The molecule has 0 spiro atoms. The summed E-state index contributed by atoms with van der Waals surface area (Å²) in [5.74, 6) is 0.829. The minimum atomic E-state index is -0.321. The van der Waals surface area contributed by atoms with E-state index in [0.717, 1.165) is 0 Å². The first kappa shape index (κ1) is 18.9. The lowest BCUT2D eigenvalue weighted by atomic mass is 10.1. The molecule has 0 aromatic heterocycles. The lowest BCUT2D eigenvalue weighted by molar-refractivity contribution is -0.135. The number of hydrogen-bond acceptors (Lipinski definition) is 3. The molecule has 1 saturated heterocycles. The number of nitrogens with zero attached hydrogens (tertiary/aromatic N) is 2. The molecular weight excluding hydrogens is 347 g/mol. The molecule has 5 nitrogen and oxygen atoms in total. The van der Waals surface area contributed by atoms with Crippen molar-refractivity contribution in [3.63, 3.8) is 0 Å². The van der Waals surface area contributed by atoms with Crippen LogP contribution in [0.4, 0.5) is 4.39 Å². The summed E-state index contributed by atoms with van der Waals surface area (Å²) in [4.78, 5) is 28.3. The van der Waals surface area contributed by atoms with Crippen LogP contribution >= 0.6 is 0 Å². The summed E-state index contributed by atoms with van der Waals surface area (Å²) < 4.78 is 18.6. The quantitative estimate of drug-likeness (QED) is 0.827. The second kappa shape index (κ2) is 8.20. The van der Waals surface area contributed by atoms with Gasteiger partial charge in [-0.15, -0.1) is 0 Å². The fourth-order valence-corrected chi connectivity index (χ4v) is 2.98. The molecule has 1 aliphatic heterocycles. The first-order chi connectivity index (χ1) is 12.9. The monoisotopic (exact) mass is 370 g/mol. The zero-order chi connectivity index (χ0) is 19.4. The summed E-state index contributed by atoms with van der Waals surface area (Å²) in [5.41, 5.74) is 0.574. The molecule has 6 heteroatoms. The predicted molar refractivity (Wildman–Crippen MR) is 100 cm³/mol. The van der Waals surface area contributed by atoms with Crippen molar-refractivity contribution in [1.82, 2.24) is 9.80 Å². The Balaban J connectivity index is 1.58. The summed E-state index contributed by atoms with van der Waals surface area (Å²) in [6, 6.07) is 12.6. The molecule has 0 bridgehead atoms. The zero-order valence-corrected chi connectivity index (χ0v) is 15.5. The van der Waals surface area contributed by atoms with E-state index < -0.39 is 0 Å². The van der Waals surface area contributed by atoms with Gasteiger partial charge in [0.15, 0.2) is 0 Å². The number of piperazine rings is 1. The normalized spacial score (nSPS) is 14.4. The van der Waals surface area contributed by atoms with E-state index in [-0.39, 0.29) is 23.5 Å². The Morgan fingerprint density at radius 1 is 0.852 bits per heavy atom. The molecule has 0 unspecified atom stereocenters. The van der Waals surface area contributed by atoms with Crippen LogP contribution < -0.4 is 4.74 Å². The van der Waals surface area contributed by atoms with Crippen LogP contribution in [0, 0.1) is 11.7 Å². The van der Waals surface area contributed by atoms with Gasteiger partial charge in [-0.2, -0.15) is 0 Å². The molecule has 0 atom stereocenters. The van der Waals surface area contributed by atoms with Crippen molar-refractivity contribution in [1.29, 1.82) is 0 Å². The molecule has 2 aromatic carbocycles. The number of halogens is 1. The Bertz CT molecular complexity index is 795. The Morgan fingerprint density at radius 3 is 1.85 bits per heavy atom. The van der Waals surface area contributed by atoms with Crippen LogP contribution in [0.1, 0.15) is 24.2 Å². The number of hydrogen-bond donors (Lipinski definition) is 0. The van der Waals surface area contributed by atoms with Gasteiger partial charge in [0.1, 0.15) is 17.3 Å². The van der Waals surface area contributed by atoms with Crippen molar-refractivity contribution in [2.45, 2.75) is 13.8 Å². The van der Waals surface area contributed by atoms with E-state index in [1.165, 1.54) is 12.1 Å². The van der Waals surface area contributed by atoms with E-state index in [0.29, 0.717) is 43.2 Å². The molecule has 0 saturated carbocycles. The van der Waals surface area contributed by atoms with Gasteiger partial charge in [-0.25, -0.2) is 4.39 Å². The van der Waals surface area contributed by atoms with E-state index in [1.54, 1.807) is 41.3 Å². The molecule has 1 aliphatic rings. The average Bonchev–Trinajstić information content (AvgIpc) is 2.69. The van der Waals surface area contributed by atoms with Crippen LogP contribution in [-0.2, 0) is 4.79 Å². The van der Waals surface area contributed by atoms with Crippen LogP contribution in [0.25, 0.3) is 0 Å². The van der Waals surface area contributed by atoms with Crippen molar-refractivity contribution in [2.24, 2.45) is 5.92 Å². The van der Waals surface area contributed by atoms with Gasteiger partial charge in [0.05, 0.1) is 0 Å². The summed E-state index contributed by atoms with van der Waals surface area (Å²) >= 11 is 0. The van der Waals surface area contributed by atoms with Crippen molar-refractivity contribution in [3.05, 3.63) is 59.9 Å². The van der Waals surface area contributed by atoms with Crippen LogP contribution in [0.2, 0.25) is 0 Å². The predicted octanol–water partition coefficient (Wildman–Crippen LogP) is 3.56. The van der Waals surface area contributed by atoms with Gasteiger partial charge in [0.25, 0.3) is 5.91 Å². The molecule has 27 heavy (non-hydrogen) atoms. The maximum absolute atomic E-state index is 12.9. The Morgan fingerprint density at radius 2 is 1.33 bits per heavy atom. The summed E-state index contributed by atoms with van der Waals surface area (Å²) in [7, 11) is 0. The SMILES string of the molecule is CC(C)C(=O)N1CCN(C(=O)c2ccc(Oc3ccc(F)cc3)cc2)CC1. The van der Waals surface area contributed by atoms with Crippen LogP contribution in [0.15, 0.2) is 48.5 Å². The highest BCUT2D eigenvalue weighted by atomic mass is 19.1. The minimum Gasteiger partial charge on any atom is -0.457 e. The number of carbonyl (C=O) groups excluding carboxylic acids is 2. The molecule has 1 heterocycles. The fraction of sp³-hybridized carbons (Fsp3) is 0.333. The summed E-state index contributed by atoms with van der Waals surface area (Å²) in [5, 5.41) is 0. The van der Waals surface area contributed by atoms with Crippen LogP contribution in [0.3, 0.4) is 0 Å². The number of benzene rings is 2. The maximum Gasteiger partial charge on any atom is 0.253 e. The largest absolute Gasteiger partial charge is 0.457 e. The minimum absolute atomic E-state index is 0.0269. The summed E-state index contributed by atoms with van der Waals surface area (Å²) in [6.45, 7) is 5.96. The van der Waals surface area contributed by atoms with Gasteiger partial charge in [-0.05, 0) is 48.5 Å². The second-order valence-electron chi connectivity index (χ2n) is 6.85. The molecule has 0 radical (unpaired) electrons. The van der Waals surface area contributed by atoms with Gasteiger partial charge in [-0.1, -0.05) is 13.8 Å². The third-order valence-corrected chi connectivity index (χ3v) is 4.52. The van der Waals surface area contributed by atoms with E-state index in [1.807, 2.05) is 18.7 Å². The maximum atomic E-state index is 12.9. The number of amides is 2. The topological polar surface area (TPSA) is 49.9 Å². The van der Waals surface area contributed by atoms with E-state index >= 15 is 0 Å². The first-order valence-corrected chi connectivity index (χ1v) is 9.05. The Kier molecular flexibility index (Phi) is 5.74. The van der Waals surface area contributed by atoms with Crippen molar-refractivity contribution in [2.75, 3.05) is 26.2 Å². The van der Waals surface area contributed by atoms with Crippen molar-refractivity contribution < 1.29 is 18.7 Å². The van der Waals surface area contributed by atoms with Gasteiger partial charge in [-0.3, -0.25) is 9.59 Å². The molecule has 0 aliphatic carbocycles. The molecule has 2 aromatic rings. The fourth-order valence-electron chi connectivity index (χ4n) is 2.98. The molecule has 2 amide bonds. The van der Waals surface area contributed by atoms with E-state index in [9.17, 15) is 14.0 Å². The third-order valence-electron chi connectivity index (χ3n) is 4.52. The lowest BCUT2D eigenvalue weighted by Crippen LogP contribution is -2.51. The van der Waals surface area contributed by atoms with Crippen molar-refractivity contribution in [3.8, 4) is 11.5 Å². The average molecular weight is 370 g/mol. The second-order valence-corrected chi connectivity index (χ2v) is 6.85. The van der Waals surface area contributed by atoms with Gasteiger partial charge < -0.3 is 14.5 Å². The van der Waals surface area contributed by atoms with Crippen molar-refractivity contribution >= 4 is 11.8 Å². The lowest BCUT2D eigenvalue weighted by Gasteiger charge is -2.35. The van der Waals surface area contributed by atoms with Gasteiger partial charge in [0, 0.05) is 37.7 Å². The number of carbonyl (C=O) groups is 2. The zero-order valence-electron chi connectivity index (χ0n) is 15.5. The molecular formula is C21H23FN2O3. The van der Waals surface area contributed by atoms with Gasteiger partial charge >= 0.3 is 0 Å². The molecule has 0 N–H and O–H groups in total. The van der Waals surface area contributed by atoms with E-state index in [4.69, 9.17) is 4.74 Å². The number of rotatable bonds is 4. The van der Waals surface area contributed by atoms with Gasteiger partial charge in [0.2, 0.25) is 5.91 Å². The standard InChI is InChI=1S/C21H23FN2O3/c1-15(2)20(25)23-11-13-24(14-12-23)21(26)16-3-7-18(8-4-16)27-19-9-5-17(22)6-10-19/h3-10,15H,11-14H2,1-2H3. The highest BCUT2D eigenvalue weighted by Gasteiger charge is 2.25. The third kappa shape index (κ3) is 4.64. The highest BCUT2D eigenvalue weighted by Crippen LogP contribution is 2.22. The summed E-state index contributed by atoms with van der Waals surface area (Å²) in [6.07, 6.45) is 0. The molecule has 3 rings (SSSR count). The Hall–Kier alpha value is -2.89. The number of ether oxygens (including phenoxy) is 1. The van der Waals surface area contributed by atoms with Crippen LogP contribution in [-0.4, -0.2) is 47.8 Å². The molecule has 142 valence electrons. The smallest absolute Gasteiger partial charge is 0.253 e.